The van der Waals surface area contributed by atoms with Gasteiger partial charge in [-0.15, -0.1) is 0 Å². The lowest BCUT2D eigenvalue weighted by Crippen LogP contribution is -2.21. The van der Waals surface area contributed by atoms with Crippen LogP contribution in [0.1, 0.15) is 5.56 Å². The molecule has 2 heterocycles. The maximum atomic E-state index is 13.0. The Kier molecular flexibility index (Phi) is 4.87. The minimum atomic E-state index is -0.170. The third-order valence-corrected chi connectivity index (χ3v) is 5.07. The molecule has 4 rings (SSSR count). The molecule has 142 valence electrons. The zero-order chi connectivity index (χ0) is 19.7. The number of rotatable bonds is 5. The monoisotopic (exact) mass is 440 g/mol. The molecular weight excluding hydrogens is 424 g/mol. The second kappa shape index (κ2) is 7.47. The maximum absolute atomic E-state index is 13.0. The molecule has 0 saturated carbocycles. The second-order valence-electron chi connectivity index (χ2n) is 6.11. The summed E-state index contributed by atoms with van der Waals surface area (Å²) in [6, 6.07) is 13.2. The lowest BCUT2D eigenvalue weighted by molar-refractivity contribution is 0.395. The minimum Gasteiger partial charge on any atom is -0.496 e. The molecule has 8 heteroatoms. The van der Waals surface area contributed by atoms with Gasteiger partial charge in [-0.2, -0.15) is 5.10 Å². The van der Waals surface area contributed by atoms with Crippen molar-refractivity contribution in [2.24, 2.45) is 0 Å². The average molecular weight is 441 g/mol. The number of hydrogen-bond acceptors (Lipinski definition) is 5. The molecule has 0 aliphatic carbocycles. The van der Waals surface area contributed by atoms with E-state index < -0.39 is 0 Å². The van der Waals surface area contributed by atoms with Gasteiger partial charge in [-0.25, -0.2) is 9.67 Å². The summed E-state index contributed by atoms with van der Waals surface area (Å²) in [5.41, 5.74) is 2.01. The van der Waals surface area contributed by atoms with Crippen LogP contribution in [-0.4, -0.2) is 33.6 Å². The van der Waals surface area contributed by atoms with Crippen LogP contribution in [0.5, 0.6) is 11.5 Å². The van der Waals surface area contributed by atoms with Crippen molar-refractivity contribution in [3.8, 4) is 17.2 Å². The zero-order valence-corrected chi connectivity index (χ0v) is 16.9. The summed E-state index contributed by atoms with van der Waals surface area (Å²) in [5.74, 6) is 1.31. The van der Waals surface area contributed by atoms with E-state index in [1.165, 1.54) is 10.9 Å². The summed E-state index contributed by atoms with van der Waals surface area (Å²) >= 11 is 3.44. The first-order valence-corrected chi connectivity index (χ1v) is 9.30. The number of ether oxygens (including phenoxy) is 2. The number of nitrogens with zero attached hydrogens (tertiary/aromatic N) is 4. The summed E-state index contributed by atoms with van der Waals surface area (Å²) in [7, 11) is 3.18. The standard InChI is InChI=1S/C20H17BrN4O3/c1-27-17-9-16(21)18(28-2)8-13(17)11-24-12-22-19-15(20(24)26)10-23-25(19)14-6-4-3-5-7-14/h3-10,12H,11H2,1-2H3. The van der Waals surface area contributed by atoms with Gasteiger partial charge in [0, 0.05) is 5.56 Å². The summed E-state index contributed by atoms with van der Waals surface area (Å²) in [4.78, 5) is 17.5. The molecule has 0 aliphatic heterocycles. The summed E-state index contributed by atoms with van der Waals surface area (Å²) in [6.45, 7) is 0.297. The Morgan fingerprint density at radius 3 is 2.54 bits per heavy atom. The minimum absolute atomic E-state index is 0.170. The number of benzene rings is 2. The molecule has 0 fully saturated rings. The fraction of sp³-hybridized carbons (Fsp3) is 0.150. The average Bonchev–Trinajstić information content (AvgIpc) is 3.16. The van der Waals surface area contributed by atoms with Crippen molar-refractivity contribution in [3.63, 3.8) is 0 Å². The van der Waals surface area contributed by atoms with Gasteiger partial charge in [0.05, 0.1) is 37.1 Å². The summed E-state index contributed by atoms with van der Waals surface area (Å²) < 4.78 is 14.8. The topological polar surface area (TPSA) is 71.2 Å². The second-order valence-corrected chi connectivity index (χ2v) is 6.96. The fourth-order valence-corrected chi connectivity index (χ4v) is 3.53. The SMILES string of the molecule is COc1cc(Cn2cnc3c(cnn3-c3ccccc3)c2=O)c(OC)cc1Br. The van der Waals surface area contributed by atoms with Crippen molar-refractivity contribution in [2.75, 3.05) is 14.2 Å². The molecule has 0 unspecified atom stereocenters. The summed E-state index contributed by atoms with van der Waals surface area (Å²) in [5, 5.41) is 4.79. The van der Waals surface area contributed by atoms with Crippen molar-refractivity contribution >= 4 is 27.0 Å². The molecule has 0 aliphatic rings. The number of methoxy groups -OCH3 is 2. The van der Waals surface area contributed by atoms with Gasteiger partial charge >= 0.3 is 0 Å². The van der Waals surface area contributed by atoms with Crippen molar-refractivity contribution < 1.29 is 9.47 Å². The molecule has 7 nitrogen and oxygen atoms in total. The molecule has 0 spiro atoms. The Morgan fingerprint density at radius 1 is 1.07 bits per heavy atom. The van der Waals surface area contributed by atoms with Crippen LogP contribution in [0.3, 0.4) is 0 Å². The summed E-state index contributed by atoms with van der Waals surface area (Å²) in [6.07, 6.45) is 3.08. The van der Waals surface area contributed by atoms with E-state index in [0.29, 0.717) is 29.1 Å². The highest BCUT2D eigenvalue weighted by molar-refractivity contribution is 9.10. The first-order chi connectivity index (χ1) is 13.6. The number of para-hydroxylation sites is 1. The number of halogens is 1. The quantitative estimate of drug-likeness (QED) is 0.475. The normalized spacial score (nSPS) is 11.0. The van der Waals surface area contributed by atoms with Gasteiger partial charge < -0.3 is 9.47 Å². The molecule has 4 aromatic rings. The molecule has 0 saturated heterocycles. The van der Waals surface area contributed by atoms with E-state index in [-0.39, 0.29) is 5.56 Å². The largest absolute Gasteiger partial charge is 0.496 e. The van der Waals surface area contributed by atoms with Crippen LogP contribution in [0.2, 0.25) is 0 Å². The zero-order valence-electron chi connectivity index (χ0n) is 15.3. The van der Waals surface area contributed by atoms with Crippen LogP contribution >= 0.6 is 15.9 Å². The Bertz CT molecular complexity index is 1200. The van der Waals surface area contributed by atoms with E-state index in [0.717, 1.165) is 15.7 Å². The molecule has 0 radical (unpaired) electrons. The van der Waals surface area contributed by atoms with Crippen LogP contribution in [0.15, 0.2) is 64.3 Å². The van der Waals surface area contributed by atoms with E-state index in [9.17, 15) is 4.79 Å². The maximum Gasteiger partial charge on any atom is 0.264 e. The van der Waals surface area contributed by atoms with E-state index in [1.807, 2.05) is 42.5 Å². The predicted molar refractivity (Wildman–Crippen MR) is 109 cm³/mol. The van der Waals surface area contributed by atoms with Gasteiger partial charge in [0.15, 0.2) is 5.65 Å². The Hall–Kier alpha value is -3.13. The van der Waals surface area contributed by atoms with E-state index in [2.05, 4.69) is 26.0 Å². The smallest absolute Gasteiger partial charge is 0.264 e. The lowest BCUT2D eigenvalue weighted by atomic mass is 10.2. The van der Waals surface area contributed by atoms with Gasteiger partial charge in [-0.05, 0) is 40.2 Å². The number of fused-ring (bicyclic) bond motifs is 1. The first-order valence-electron chi connectivity index (χ1n) is 8.51. The Morgan fingerprint density at radius 2 is 1.82 bits per heavy atom. The highest BCUT2D eigenvalue weighted by atomic mass is 79.9. The van der Waals surface area contributed by atoms with Crippen molar-refractivity contribution in [3.05, 3.63) is 75.4 Å². The van der Waals surface area contributed by atoms with E-state index in [1.54, 1.807) is 25.1 Å². The Balaban J connectivity index is 1.78. The molecule has 0 atom stereocenters. The van der Waals surface area contributed by atoms with Crippen molar-refractivity contribution in [1.29, 1.82) is 0 Å². The highest BCUT2D eigenvalue weighted by Crippen LogP contribution is 2.33. The third kappa shape index (κ3) is 3.16. The number of aromatic nitrogens is 4. The predicted octanol–water partition coefficient (Wildman–Crippen LogP) is 3.41. The molecule has 0 N–H and O–H groups in total. The highest BCUT2D eigenvalue weighted by Gasteiger charge is 2.14. The first kappa shape index (κ1) is 18.2. The van der Waals surface area contributed by atoms with Gasteiger partial charge in [0.2, 0.25) is 0 Å². The van der Waals surface area contributed by atoms with Crippen molar-refractivity contribution in [2.45, 2.75) is 6.54 Å². The van der Waals surface area contributed by atoms with Crippen LogP contribution in [0.4, 0.5) is 0 Å². The fourth-order valence-electron chi connectivity index (χ4n) is 3.05. The molecule has 2 aromatic carbocycles. The molecule has 28 heavy (non-hydrogen) atoms. The van der Waals surface area contributed by atoms with E-state index >= 15 is 0 Å². The lowest BCUT2D eigenvalue weighted by Gasteiger charge is -2.13. The van der Waals surface area contributed by atoms with Crippen LogP contribution < -0.4 is 15.0 Å². The van der Waals surface area contributed by atoms with Crippen LogP contribution in [0, 0.1) is 0 Å². The molecule has 0 amide bonds. The Labute approximate surface area is 169 Å². The van der Waals surface area contributed by atoms with Gasteiger partial charge in [-0.3, -0.25) is 9.36 Å². The molecule has 2 aromatic heterocycles. The number of hydrogen-bond donors (Lipinski definition) is 0. The van der Waals surface area contributed by atoms with Crippen LogP contribution in [0.25, 0.3) is 16.7 Å². The van der Waals surface area contributed by atoms with Gasteiger partial charge in [0.1, 0.15) is 23.2 Å². The molecular formula is C20H17BrN4O3. The molecule has 0 bridgehead atoms. The van der Waals surface area contributed by atoms with E-state index in [4.69, 9.17) is 9.47 Å². The third-order valence-electron chi connectivity index (χ3n) is 4.45. The van der Waals surface area contributed by atoms with Crippen LogP contribution in [-0.2, 0) is 6.54 Å². The van der Waals surface area contributed by atoms with Gasteiger partial charge in [-0.1, -0.05) is 18.2 Å². The van der Waals surface area contributed by atoms with Crippen molar-refractivity contribution in [1.82, 2.24) is 19.3 Å². The van der Waals surface area contributed by atoms with Gasteiger partial charge in [0.25, 0.3) is 5.56 Å².